The summed E-state index contributed by atoms with van der Waals surface area (Å²) in [5.74, 6) is 1.65. The number of hydrogen-bond acceptors (Lipinski definition) is 6. The van der Waals surface area contributed by atoms with E-state index >= 15 is 0 Å². The van der Waals surface area contributed by atoms with E-state index in [0.29, 0.717) is 24.7 Å². The fourth-order valence-corrected chi connectivity index (χ4v) is 8.81. The third-order valence-electron chi connectivity index (χ3n) is 9.95. The van der Waals surface area contributed by atoms with Gasteiger partial charge in [-0.1, -0.05) is 25.5 Å². The van der Waals surface area contributed by atoms with Crippen LogP contribution in [0.1, 0.15) is 52.9 Å². The third kappa shape index (κ3) is 2.05. The Hall–Kier alpha value is -0.950. The molecule has 11 atom stereocenters. The Balaban J connectivity index is 1.43. The van der Waals surface area contributed by atoms with Crippen LogP contribution in [0.5, 0.6) is 0 Å². The molecule has 160 valence electrons. The lowest BCUT2D eigenvalue weighted by atomic mass is 9.45. The summed E-state index contributed by atoms with van der Waals surface area (Å²) in [7, 11) is 0. The summed E-state index contributed by atoms with van der Waals surface area (Å²) < 4.78 is 12.1. The third-order valence-corrected chi connectivity index (χ3v) is 9.95. The fourth-order valence-electron chi connectivity index (χ4n) is 8.81. The number of aliphatic hydroxyl groups is 3. The first-order valence-electron chi connectivity index (χ1n) is 11.3. The van der Waals surface area contributed by atoms with E-state index in [-0.39, 0.29) is 41.7 Å². The van der Waals surface area contributed by atoms with Gasteiger partial charge in [-0.2, -0.15) is 0 Å². The minimum absolute atomic E-state index is 0.00144. The normalized spacial score (nSPS) is 59.4. The molecule has 3 N–H and O–H groups in total. The van der Waals surface area contributed by atoms with Crippen molar-refractivity contribution in [3.05, 3.63) is 11.6 Å². The van der Waals surface area contributed by atoms with Gasteiger partial charge in [-0.25, -0.2) is 4.99 Å². The Morgan fingerprint density at radius 3 is 2.83 bits per heavy atom. The minimum Gasteiger partial charge on any atom is -0.475 e. The van der Waals surface area contributed by atoms with Crippen molar-refractivity contribution in [2.75, 3.05) is 6.61 Å². The number of ether oxygens (including phenoxy) is 2. The number of aliphatic imine (C=N–C) groups is 1. The van der Waals surface area contributed by atoms with Gasteiger partial charge in [0, 0.05) is 24.4 Å². The molecule has 3 saturated carbocycles. The number of nitrogens with zero attached hydrogens (tertiary/aromatic N) is 1. The van der Waals surface area contributed by atoms with Crippen LogP contribution < -0.4 is 0 Å². The molecule has 2 aliphatic heterocycles. The molecule has 0 aromatic carbocycles. The number of fused-ring (bicyclic) bond motifs is 9. The van der Waals surface area contributed by atoms with E-state index in [4.69, 9.17) is 14.5 Å². The molecule has 0 spiro atoms. The Morgan fingerprint density at radius 2 is 2.07 bits per heavy atom. The lowest BCUT2D eigenvalue weighted by Crippen LogP contribution is -2.61. The van der Waals surface area contributed by atoms with Crippen LogP contribution >= 0.6 is 0 Å². The Kier molecular flexibility index (Phi) is 3.65. The first kappa shape index (κ1) is 18.8. The van der Waals surface area contributed by atoms with Crippen molar-refractivity contribution in [1.29, 1.82) is 0 Å². The molecule has 2 heterocycles. The second kappa shape index (κ2) is 5.64. The van der Waals surface area contributed by atoms with Crippen LogP contribution in [-0.2, 0) is 9.47 Å². The van der Waals surface area contributed by atoms with Gasteiger partial charge in [0.25, 0.3) is 0 Å². The highest BCUT2D eigenvalue weighted by Gasteiger charge is 2.74. The number of aliphatic hydroxyl groups excluding tert-OH is 3. The van der Waals surface area contributed by atoms with Crippen molar-refractivity contribution < 1.29 is 24.8 Å². The molecule has 0 aromatic rings. The summed E-state index contributed by atoms with van der Waals surface area (Å²) in [6.45, 7) is 6.54. The van der Waals surface area contributed by atoms with Crippen LogP contribution in [0, 0.1) is 28.6 Å². The largest absolute Gasteiger partial charge is 0.475 e. The van der Waals surface area contributed by atoms with Crippen LogP contribution in [0.25, 0.3) is 0 Å². The molecule has 0 unspecified atom stereocenters. The first-order valence-corrected chi connectivity index (χ1v) is 11.3. The van der Waals surface area contributed by atoms with Gasteiger partial charge in [0.1, 0.15) is 23.9 Å². The second-order valence-electron chi connectivity index (χ2n) is 10.9. The van der Waals surface area contributed by atoms with E-state index in [1.54, 1.807) is 0 Å². The topological polar surface area (TPSA) is 94.8 Å². The molecule has 6 rings (SSSR count). The molecular weight excluding hydrogens is 370 g/mol. The lowest BCUT2D eigenvalue weighted by Gasteiger charge is -2.60. The van der Waals surface area contributed by atoms with Crippen molar-refractivity contribution in [2.24, 2.45) is 33.6 Å². The lowest BCUT2D eigenvalue weighted by molar-refractivity contribution is -0.136. The molecule has 0 radical (unpaired) electrons. The molecule has 4 aliphatic carbocycles. The van der Waals surface area contributed by atoms with Gasteiger partial charge in [-0.3, -0.25) is 0 Å². The predicted molar refractivity (Wildman–Crippen MR) is 106 cm³/mol. The standard InChI is InChI=1S/C23H33NO5/c1-11-24-23(6-7-25)17(28-11)9-14-13-5-4-12-8-15(26)19-20(29-19)22(12,3)18(13)16(27)10-21(14,23)2/h8,13-20,25-27H,4-7,9-10H2,1-3H3/t13-,14-,15+,16-,17+,18+,19+,20+,21-,22-,23+/m0/s1. The molecule has 6 aliphatic rings. The maximum atomic E-state index is 11.6. The molecule has 29 heavy (non-hydrogen) atoms. The fraction of sp³-hybridized carbons (Fsp3) is 0.870. The Morgan fingerprint density at radius 1 is 1.28 bits per heavy atom. The maximum Gasteiger partial charge on any atom is 0.181 e. The molecule has 0 aromatic heterocycles. The van der Waals surface area contributed by atoms with Crippen LogP contribution in [0.2, 0.25) is 0 Å². The van der Waals surface area contributed by atoms with Crippen LogP contribution in [0.15, 0.2) is 16.6 Å². The quantitative estimate of drug-likeness (QED) is 0.483. The van der Waals surface area contributed by atoms with Crippen molar-refractivity contribution in [3.63, 3.8) is 0 Å². The van der Waals surface area contributed by atoms with Gasteiger partial charge < -0.3 is 24.8 Å². The van der Waals surface area contributed by atoms with Crippen LogP contribution in [0.3, 0.4) is 0 Å². The number of rotatable bonds is 2. The van der Waals surface area contributed by atoms with Crippen LogP contribution in [-0.4, -0.2) is 63.9 Å². The zero-order valence-corrected chi connectivity index (χ0v) is 17.5. The average Bonchev–Trinajstić information content (AvgIpc) is 3.36. The zero-order chi connectivity index (χ0) is 20.3. The highest BCUT2D eigenvalue weighted by molar-refractivity contribution is 5.76. The highest BCUT2D eigenvalue weighted by Crippen LogP contribution is 2.71. The summed E-state index contributed by atoms with van der Waals surface area (Å²) in [5.41, 5.74) is 0.464. The molecule has 0 bridgehead atoms. The van der Waals surface area contributed by atoms with E-state index in [1.165, 1.54) is 5.57 Å². The first-order chi connectivity index (χ1) is 13.8. The van der Waals surface area contributed by atoms with Gasteiger partial charge in [-0.15, -0.1) is 0 Å². The zero-order valence-electron chi connectivity index (χ0n) is 17.5. The number of hydrogen-bond donors (Lipinski definition) is 3. The second-order valence-corrected chi connectivity index (χ2v) is 10.9. The van der Waals surface area contributed by atoms with Crippen LogP contribution in [0.4, 0.5) is 0 Å². The summed E-state index contributed by atoms with van der Waals surface area (Å²) in [5, 5.41) is 31.8. The smallest absolute Gasteiger partial charge is 0.181 e. The van der Waals surface area contributed by atoms with Gasteiger partial charge in [-0.05, 0) is 49.9 Å². The SMILES string of the molecule is CC1=N[C@]2(CCO)[C@@H](C[C@H]3[C@@H]4CCC5=C[C@@H](O)[C@H]6O[C@H]6[C@]5(C)[C@H]4[C@@H](O)C[C@@]32C)O1. The minimum atomic E-state index is -0.505. The van der Waals surface area contributed by atoms with Crippen molar-refractivity contribution >= 4 is 5.90 Å². The van der Waals surface area contributed by atoms with E-state index in [9.17, 15) is 15.3 Å². The van der Waals surface area contributed by atoms with E-state index in [2.05, 4.69) is 13.8 Å². The summed E-state index contributed by atoms with van der Waals surface area (Å²) >= 11 is 0. The van der Waals surface area contributed by atoms with Gasteiger partial charge in [0.15, 0.2) is 5.90 Å². The summed E-state index contributed by atoms with van der Waals surface area (Å²) in [6.07, 6.45) is 5.17. The monoisotopic (exact) mass is 403 g/mol. The molecule has 0 amide bonds. The average molecular weight is 404 g/mol. The maximum absolute atomic E-state index is 11.6. The van der Waals surface area contributed by atoms with E-state index in [1.807, 2.05) is 13.0 Å². The predicted octanol–water partition coefficient (Wildman–Crippen LogP) is 1.82. The molecule has 1 saturated heterocycles. The summed E-state index contributed by atoms with van der Waals surface area (Å²) in [6, 6.07) is 0. The van der Waals surface area contributed by atoms with Gasteiger partial charge >= 0.3 is 0 Å². The molecule has 4 fully saturated rings. The van der Waals surface area contributed by atoms with Crippen molar-refractivity contribution in [2.45, 2.75) is 88.9 Å². The molecular formula is C23H33NO5. The van der Waals surface area contributed by atoms with Crippen molar-refractivity contribution in [1.82, 2.24) is 0 Å². The van der Waals surface area contributed by atoms with E-state index in [0.717, 1.165) is 25.2 Å². The van der Waals surface area contributed by atoms with E-state index < -0.39 is 17.7 Å². The van der Waals surface area contributed by atoms with Gasteiger partial charge in [0.05, 0.1) is 12.2 Å². The summed E-state index contributed by atoms with van der Waals surface area (Å²) in [4.78, 5) is 4.99. The van der Waals surface area contributed by atoms with Crippen molar-refractivity contribution in [3.8, 4) is 0 Å². The highest BCUT2D eigenvalue weighted by atomic mass is 16.6. The molecule has 6 nitrogen and oxygen atoms in total. The van der Waals surface area contributed by atoms with Gasteiger partial charge in [0.2, 0.25) is 0 Å². The Labute approximate surface area is 172 Å². The molecule has 6 heteroatoms. The Bertz CT molecular complexity index is 811. The number of epoxide rings is 1.